The fourth-order valence-electron chi connectivity index (χ4n) is 7.32. The molecule has 4 atom stereocenters. The zero-order valence-corrected chi connectivity index (χ0v) is 30.4. The number of hydrogen-bond acceptors (Lipinski definition) is 9. The maximum Gasteiger partial charge on any atom is 0.350 e. The first-order valence-corrected chi connectivity index (χ1v) is 17.9. The Labute approximate surface area is 304 Å². The van der Waals surface area contributed by atoms with Gasteiger partial charge < -0.3 is 24.4 Å². The van der Waals surface area contributed by atoms with Crippen LogP contribution in [0.15, 0.2) is 87.9 Å². The molecule has 0 bridgehead atoms. The van der Waals surface area contributed by atoms with Crippen LogP contribution in [0.25, 0.3) is 5.69 Å². The molecule has 12 nitrogen and oxygen atoms in total. The highest BCUT2D eigenvalue weighted by Crippen LogP contribution is 2.41. The van der Waals surface area contributed by atoms with Crippen molar-refractivity contribution in [3.05, 3.63) is 100 Å². The molecule has 6 rings (SSSR count). The van der Waals surface area contributed by atoms with Gasteiger partial charge in [0, 0.05) is 62.8 Å². The molecule has 3 aromatic carbocycles. The van der Waals surface area contributed by atoms with Gasteiger partial charge in [-0.05, 0) is 86.8 Å². The molecule has 2 aliphatic rings. The molecule has 0 aliphatic carbocycles. The number of aryl methyl sites for hydroxylation is 1. The van der Waals surface area contributed by atoms with Gasteiger partial charge in [-0.2, -0.15) is 10.2 Å². The number of hydrazone groups is 1. The number of hydrogen-bond donors (Lipinski definition) is 1. The number of piperazine rings is 1. The molecule has 0 saturated carbocycles. The van der Waals surface area contributed by atoms with Crippen molar-refractivity contribution in [1.82, 2.24) is 19.4 Å². The zero-order valence-electron chi connectivity index (χ0n) is 30.4. The third-order valence-electron chi connectivity index (χ3n) is 10.1. The second-order valence-corrected chi connectivity index (χ2v) is 13.7. The molecule has 2 fully saturated rings. The van der Waals surface area contributed by atoms with Crippen molar-refractivity contribution in [1.29, 1.82) is 0 Å². The van der Waals surface area contributed by atoms with E-state index in [1.54, 1.807) is 31.4 Å². The van der Waals surface area contributed by atoms with E-state index in [1.807, 2.05) is 56.3 Å². The van der Waals surface area contributed by atoms with Gasteiger partial charge in [0.2, 0.25) is 0 Å². The van der Waals surface area contributed by atoms with E-state index >= 15 is 4.39 Å². The van der Waals surface area contributed by atoms with Crippen LogP contribution >= 0.6 is 0 Å². The molecule has 3 heterocycles. The van der Waals surface area contributed by atoms with Gasteiger partial charge in [0.25, 0.3) is 0 Å². The Hall–Kier alpha value is -5.01. The van der Waals surface area contributed by atoms with Crippen molar-refractivity contribution in [2.45, 2.75) is 51.4 Å². The number of nitrogens with zero attached hydrogens (tertiary/aromatic N) is 8. The summed E-state index contributed by atoms with van der Waals surface area (Å²) >= 11 is 0. The minimum Gasteiger partial charge on any atom is -0.493 e. The Morgan fingerprint density at radius 3 is 2.29 bits per heavy atom. The fraction of sp³-hybridized carbons (Fsp3) is 0.436. The number of benzene rings is 3. The number of aromatic nitrogens is 3. The molecular weight excluding hydrogens is 663 g/mol. The second kappa shape index (κ2) is 16.1. The first kappa shape index (κ1) is 36.8. The highest BCUT2D eigenvalue weighted by Gasteiger charge is 2.45. The minimum absolute atomic E-state index is 0.0508. The summed E-state index contributed by atoms with van der Waals surface area (Å²) in [6.45, 7) is 13.7. The summed E-state index contributed by atoms with van der Waals surface area (Å²) < 4.78 is 30.7. The number of anilines is 2. The lowest BCUT2D eigenvalue weighted by Gasteiger charge is -2.37. The Morgan fingerprint density at radius 1 is 1.08 bits per heavy atom. The van der Waals surface area contributed by atoms with Crippen LogP contribution in [0.5, 0.6) is 5.75 Å². The number of ether oxygens (including phenoxy) is 2. The maximum absolute atomic E-state index is 15.3. The summed E-state index contributed by atoms with van der Waals surface area (Å²) in [6, 6.07) is 21.0. The summed E-state index contributed by atoms with van der Waals surface area (Å²) in [5, 5.41) is 20.0. The van der Waals surface area contributed by atoms with Gasteiger partial charge in [-0.3, -0.25) is 10.0 Å². The fourth-order valence-corrected chi connectivity index (χ4v) is 7.32. The van der Waals surface area contributed by atoms with Crippen molar-refractivity contribution in [2.24, 2.45) is 16.0 Å². The van der Waals surface area contributed by atoms with Crippen molar-refractivity contribution in [3.8, 4) is 11.4 Å². The molecule has 0 amide bonds. The Balaban J connectivity index is 1.02. The third kappa shape index (κ3) is 7.90. The minimum atomic E-state index is -0.913. The average Bonchev–Trinajstić information content (AvgIpc) is 3.74. The smallest absolute Gasteiger partial charge is 0.350 e. The van der Waals surface area contributed by atoms with E-state index in [1.165, 1.54) is 21.6 Å². The number of halogens is 1. The first-order valence-electron chi connectivity index (χ1n) is 17.9. The summed E-state index contributed by atoms with van der Waals surface area (Å²) in [6.07, 6.45) is 3.59. The topological polar surface area (TPSA) is 113 Å². The van der Waals surface area contributed by atoms with Gasteiger partial charge in [-0.15, -0.1) is 0 Å². The van der Waals surface area contributed by atoms with Crippen LogP contribution in [0.1, 0.15) is 43.9 Å². The van der Waals surface area contributed by atoms with Crippen molar-refractivity contribution < 1.29 is 19.0 Å². The largest absolute Gasteiger partial charge is 0.493 e. The SMILES string of the molecule is C=NN(C=NC)CC1(c2ccc(C)cc2F)CC(COc2ccc(N3CCN(c4ccc(-n5cnn(C(CC)C(C)O)c5=O)cc4)CC3)cc2)CO1. The van der Waals surface area contributed by atoms with E-state index < -0.39 is 11.7 Å². The molecule has 4 unspecified atom stereocenters. The van der Waals surface area contributed by atoms with Gasteiger partial charge in [0.1, 0.15) is 29.8 Å². The van der Waals surface area contributed by atoms with Crippen molar-refractivity contribution >= 4 is 24.4 Å². The van der Waals surface area contributed by atoms with E-state index in [9.17, 15) is 9.90 Å². The van der Waals surface area contributed by atoms with Crippen molar-refractivity contribution in [3.63, 3.8) is 0 Å². The summed E-state index contributed by atoms with van der Waals surface area (Å²) in [4.78, 5) is 21.8. The lowest BCUT2D eigenvalue weighted by molar-refractivity contribution is -0.0178. The first-order chi connectivity index (χ1) is 25.1. The molecule has 1 aromatic heterocycles. The Morgan fingerprint density at radius 2 is 1.71 bits per heavy atom. The molecule has 2 saturated heterocycles. The van der Waals surface area contributed by atoms with E-state index in [0.717, 1.165) is 54.6 Å². The number of rotatable bonds is 14. The van der Waals surface area contributed by atoms with Crippen LogP contribution in [0, 0.1) is 18.7 Å². The molecule has 0 spiro atoms. The van der Waals surface area contributed by atoms with Gasteiger partial charge >= 0.3 is 5.69 Å². The standard InChI is InChI=1S/C39H49FN8O4/c1-6-37(29(3)49)48-38(50)47(27-43-48)33-10-8-31(9-11-33)44-17-19-45(20-18-44)32-12-14-34(15-13-32)51-23-30-22-39(52-24-30,25-46(42-5)26-41-4)35-16-7-28(2)21-36(35)40/h7-16,21,26-27,29-30,37,49H,5-6,17-20,22-25H2,1-4H3. The number of aliphatic hydroxyl groups excluding tert-OH is 1. The quantitative estimate of drug-likeness (QED) is 0.110. The lowest BCUT2D eigenvalue weighted by atomic mass is 9.86. The van der Waals surface area contributed by atoms with Crippen molar-refractivity contribution in [2.75, 3.05) is 62.8 Å². The molecule has 4 aromatic rings. The molecular formula is C39H49FN8O4. The highest BCUT2D eigenvalue weighted by atomic mass is 19.1. The summed E-state index contributed by atoms with van der Waals surface area (Å²) in [5.74, 6) is 0.524. The van der Waals surface area contributed by atoms with Crippen LogP contribution in [-0.2, 0) is 10.3 Å². The van der Waals surface area contributed by atoms with Gasteiger partial charge in [-0.1, -0.05) is 19.1 Å². The van der Waals surface area contributed by atoms with Gasteiger partial charge in [0.15, 0.2) is 0 Å². The third-order valence-corrected chi connectivity index (χ3v) is 10.1. The van der Waals surface area contributed by atoms with Gasteiger partial charge in [-0.25, -0.2) is 18.4 Å². The normalized spacial score (nSPS) is 20.3. The Bertz CT molecular complexity index is 1890. The zero-order chi connectivity index (χ0) is 36.8. The molecule has 276 valence electrons. The lowest BCUT2D eigenvalue weighted by Crippen LogP contribution is -2.46. The number of aliphatic imine (C=N–C) groups is 1. The van der Waals surface area contributed by atoms with Crippen LogP contribution in [0.2, 0.25) is 0 Å². The molecule has 0 radical (unpaired) electrons. The van der Waals surface area contributed by atoms with E-state index in [2.05, 4.69) is 43.8 Å². The van der Waals surface area contributed by atoms with Crippen LogP contribution in [0.3, 0.4) is 0 Å². The van der Waals surface area contributed by atoms with E-state index in [0.29, 0.717) is 31.6 Å². The van der Waals surface area contributed by atoms with Gasteiger partial charge in [0.05, 0.1) is 37.6 Å². The summed E-state index contributed by atoms with van der Waals surface area (Å²) in [7, 11) is 1.66. The molecule has 13 heteroatoms. The van der Waals surface area contributed by atoms with Crippen LogP contribution < -0.4 is 20.2 Å². The van der Waals surface area contributed by atoms with Crippen LogP contribution in [0.4, 0.5) is 15.8 Å². The summed E-state index contributed by atoms with van der Waals surface area (Å²) in [5.41, 5.74) is 3.14. The molecule has 52 heavy (non-hydrogen) atoms. The maximum atomic E-state index is 15.3. The number of aliphatic hydroxyl groups is 1. The molecule has 1 N–H and O–H groups in total. The Kier molecular flexibility index (Phi) is 11.4. The van der Waals surface area contributed by atoms with E-state index in [4.69, 9.17) is 9.47 Å². The predicted octanol–water partition coefficient (Wildman–Crippen LogP) is 5.03. The van der Waals surface area contributed by atoms with Crippen LogP contribution in [-0.4, -0.2) is 96.6 Å². The predicted molar refractivity (Wildman–Crippen MR) is 203 cm³/mol. The highest BCUT2D eigenvalue weighted by molar-refractivity contribution is 5.56. The van der Waals surface area contributed by atoms with E-state index in [-0.39, 0.29) is 30.0 Å². The monoisotopic (exact) mass is 712 g/mol. The molecule has 2 aliphatic heterocycles. The second-order valence-electron chi connectivity index (χ2n) is 13.7. The average molecular weight is 713 g/mol.